The maximum absolute atomic E-state index is 11.5. The molecule has 0 aromatic carbocycles. The second-order valence-electron chi connectivity index (χ2n) is 3.24. The summed E-state index contributed by atoms with van der Waals surface area (Å²) in [7, 11) is 0. The average molecular weight is 253 g/mol. The molecule has 0 saturated heterocycles. The van der Waals surface area contributed by atoms with Gasteiger partial charge in [-0.1, -0.05) is 11.6 Å². The fourth-order valence-corrected chi connectivity index (χ4v) is 1.64. The fraction of sp³-hybridized carbons (Fsp3) is 0.182. The quantitative estimate of drug-likeness (QED) is 0.655. The number of halogens is 1. The first-order valence-electron chi connectivity index (χ1n) is 4.94. The third kappa shape index (κ3) is 2.01. The molecular formula is C11H9ClN2O3. The van der Waals surface area contributed by atoms with E-state index in [1.807, 2.05) is 0 Å². The van der Waals surface area contributed by atoms with E-state index in [-0.39, 0.29) is 23.1 Å². The SMILES string of the molecule is CCOC(=O)c1cnc2c(Cl)nccc2c1O. The van der Waals surface area contributed by atoms with E-state index < -0.39 is 5.97 Å². The summed E-state index contributed by atoms with van der Waals surface area (Å²) in [5.41, 5.74) is 0.362. The van der Waals surface area contributed by atoms with Crippen molar-refractivity contribution >= 4 is 28.5 Å². The molecule has 0 radical (unpaired) electrons. The van der Waals surface area contributed by atoms with Gasteiger partial charge >= 0.3 is 5.97 Å². The van der Waals surface area contributed by atoms with E-state index in [1.54, 1.807) is 6.92 Å². The minimum absolute atomic E-state index is 0.0154. The topological polar surface area (TPSA) is 72.3 Å². The summed E-state index contributed by atoms with van der Waals surface area (Å²) in [5, 5.41) is 10.5. The number of hydrogen-bond acceptors (Lipinski definition) is 5. The molecule has 2 aromatic rings. The Hall–Kier alpha value is -1.88. The number of ether oxygens (including phenoxy) is 1. The van der Waals surface area contributed by atoms with Crippen molar-refractivity contribution in [2.75, 3.05) is 6.61 Å². The second-order valence-corrected chi connectivity index (χ2v) is 3.60. The fourth-order valence-electron chi connectivity index (χ4n) is 1.44. The van der Waals surface area contributed by atoms with Crippen molar-refractivity contribution in [2.45, 2.75) is 6.92 Å². The molecule has 1 N–H and O–H groups in total. The molecule has 5 nitrogen and oxygen atoms in total. The van der Waals surface area contributed by atoms with Crippen LogP contribution in [0.15, 0.2) is 18.5 Å². The van der Waals surface area contributed by atoms with Crippen LogP contribution in [0.2, 0.25) is 5.15 Å². The first-order chi connectivity index (χ1) is 8.15. The summed E-state index contributed by atoms with van der Waals surface area (Å²) in [5.74, 6) is -0.815. The van der Waals surface area contributed by atoms with Crippen LogP contribution in [0.3, 0.4) is 0 Å². The number of rotatable bonds is 2. The minimum Gasteiger partial charge on any atom is -0.506 e. The molecular weight excluding hydrogens is 244 g/mol. The summed E-state index contributed by atoms with van der Waals surface area (Å²) >= 11 is 5.82. The van der Waals surface area contributed by atoms with Crippen LogP contribution < -0.4 is 0 Å². The highest BCUT2D eigenvalue weighted by molar-refractivity contribution is 6.34. The van der Waals surface area contributed by atoms with Gasteiger partial charge in [0, 0.05) is 17.8 Å². The Morgan fingerprint density at radius 3 is 3.00 bits per heavy atom. The zero-order valence-corrected chi connectivity index (χ0v) is 9.73. The van der Waals surface area contributed by atoms with Crippen molar-refractivity contribution in [3.05, 3.63) is 29.2 Å². The van der Waals surface area contributed by atoms with E-state index in [4.69, 9.17) is 16.3 Å². The Morgan fingerprint density at radius 2 is 2.29 bits per heavy atom. The molecule has 0 aliphatic carbocycles. The van der Waals surface area contributed by atoms with Crippen LogP contribution in [-0.2, 0) is 4.74 Å². The van der Waals surface area contributed by atoms with E-state index in [2.05, 4.69) is 9.97 Å². The van der Waals surface area contributed by atoms with Crippen LogP contribution in [0.25, 0.3) is 10.9 Å². The summed E-state index contributed by atoms with van der Waals surface area (Å²) in [6.07, 6.45) is 2.66. The molecule has 0 atom stereocenters. The van der Waals surface area contributed by atoms with Gasteiger partial charge in [-0.2, -0.15) is 0 Å². The highest BCUT2D eigenvalue weighted by Crippen LogP contribution is 2.29. The van der Waals surface area contributed by atoms with Crippen LogP contribution in [0.4, 0.5) is 0 Å². The normalized spacial score (nSPS) is 10.5. The van der Waals surface area contributed by atoms with Gasteiger partial charge in [-0.3, -0.25) is 4.98 Å². The van der Waals surface area contributed by atoms with Crippen molar-refractivity contribution in [2.24, 2.45) is 0 Å². The maximum atomic E-state index is 11.5. The van der Waals surface area contributed by atoms with Crippen LogP contribution >= 0.6 is 11.6 Å². The van der Waals surface area contributed by atoms with Gasteiger partial charge in [-0.15, -0.1) is 0 Å². The molecule has 0 saturated carbocycles. The highest BCUT2D eigenvalue weighted by atomic mass is 35.5. The predicted octanol–water partition coefficient (Wildman–Crippen LogP) is 2.17. The number of aromatic hydroxyl groups is 1. The van der Waals surface area contributed by atoms with E-state index in [0.717, 1.165) is 0 Å². The van der Waals surface area contributed by atoms with Gasteiger partial charge < -0.3 is 9.84 Å². The van der Waals surface area contributed by atoms with Crippen molar-refractivity contribution in [1.29, 1.82) is 0 Å². The minimum atomic E-state index is -0.618. The van der Waals surface area contributed by atoms with Gasteiger partial charge in [-0.25, -0.2) is 9.78 Å². The highest BCUT2D eigenvalue weighted by Gasteiger charge is 2.16. The third-order valence-electron chi connectivity index (χ3n) is 2.21. The monoisotopic (exact) mass is 252 g/mol. The number of aromatic nitrogens is 2. The number of esters is 1. The lowest BCUT2D eigenvalue weighted by molar-refractivity contribution is 0.0523. The van der Waals surface area contributed by atoms with Crippen LogP contribution in [0.1, 0.15) is 17.3 Å². The standard InChI is InChI=1S/C11H9ClN2O3/c1-2-17-11(16)7-5-14-8-6(9(7)15)3-4-13-10(8)12/h3-5H,2H2,1H3,(H,14,15). The van der Waals surface area contributed by atoms with E-state index in [0.29, 0.717) is 10.9 Å². The molecule has 2 aromatic heterocycles. The van der Waals surface area contributed by atoms with Gasteiger partial charge in [-0.05, 0) is 13.0 Å². The van der Waals surface area contributed by atoms with Crippen LogP contribution in [0, 0.1) is 0 Å². The van der Waals surface area contributed by atoms with Crippen molar-refractivity contribution in [3.63, 3.8) is 0 Å². The van der Waals surface area contributed by atoms with Gasteiger partial charge in [0.15, 0.2) is 5.15 Å². The molecule has 2 rings (SSSR count). The second kappa shape index (κ2) is 4.55. The molecule has 0 fully saturated rings. The maximum Gasteiger partial charge on any atom is 0.343 e. The number of hydrogen-bond donors (Lipinski definition) is 1. The number of fused-ring (bicyclic) bond motifs is 1. The number of carbonyl (C=O) groups excluding carboxylic acids is 1. The molecule has 88 valence electrons. The van der Waals surface area contributed by atoms with Crippen LogP contribution in [0.5, 0.6) is 5.75 Å². The molecule has 0 spiro atoms. The Morgan fingerprint density at radius 1 is 1.53 bits per heavy atom. The van der Waals surface area contributed by atoms with Crippen molar-refractivity contribution in [3.8, 4) is 5.75 Å². The smallest absolute Gasteiger partial charge is 0.343 e. The third-order valence-corrected chi connectivity index (χ3v) is 2.48. The summed E-state index contributed by atoms with van der Waals surface area (Å²) in [6, 6.07) is 1.53. The molecule has 6 heteroatoms. The first-order valence-corrected chi connectivity index (χ1v) is 5.32. The Balaban J connectivity index is 2.62. The molecule has 0 bridgehead atoms. The van der Waals surface area contributed by atoms with E-state index in [1.165, 1.54) is 18.5 Å². The Bertz CT molecular complexity index is 586. The molecule has 17 heavy (non-hydrogen) atoms. The largest absolute Gasteiger partial charge is 0.506 e. The summed E-state index contributed by atoms with van der Waals surface area (Å²) in [6.45, 7) is 1.91. The zero-order valence-electron chi connectivity index (χ0n) is 8.98. The first kappa shape index (κ1) is 11.6. The van der Waals surface area contributed by atoms with Crippen LogP contribution in [-0.4, -0.2) is 27.7 Å². The van der Waals surface area contributed by atoms with E-state index >= 15 is 0 Å². The molecule has 0 amide bonds. The number of nitrogens with zero attached hydrogens (tertiary/aromatic N) is 2. The molecule has 0 aliphatic rings. The number of carbonyl (C=O) groups is 1. The molecule has 0 aliphatic heterocycles. The lowest BCUT2D eigenvalue weighted by Gasteiger charge is -2.06. The Kier molecular flexibility index (Phi) is 3.10. The summed E-state index contributed by atoms with van der Waals surface area (Å²) < 4.78 is 4.80. The van der Waals surface area contributed by atoms with Gasteiger partial charge in [0.25, 0.3) is 0 Å². The molecule has 2 heterocycles. The zero-order chi connectivity index (χ0) is 12.4. The number of pyridine rings is 2. The van der Waals surface area contributed by atoms with Crippen molar-refractivity contribution < 1.29 is 14.6 Å². The average Bonchev–Trinajstić information content (AvgIpc) is 2.31. The van der Waals surface area contributed by atoms with Crippen molar-refractivity contribution in [1.82, 2.24) is 9.97 Å². The lowest BCUT2D eigenvalue weighted by Crippen LogP contribution is -2.05. The van der Waals surface area contributed by atoms with Gasteiger partial charge in [0.05, 0.1) is 6.61 Å². The molecule has 0 unspecified atom stereocenters. The van der Waals surface area contributed by atoms with Gasteiger partial charge in [0.2, 0.25) is 0 Å². The van der Waals surface area contributed by atoms with Gasteiger partial charge in [0.1, 0.15) is 16.8 Å². The van der Waals surface area contributed by atoms with E-state index in [9.17, 15) is 9.90 Å². The predicted molar refractivity (Wildman–Crippen MR) is 62.2 cm³/mol. The Labute approximate surface area is 102 Å². The summed E-state index contributed by atoms with van der Waals surface area (Å²) in [4.78, 5) is 19.3. The lowest BCUT2D eigenvalue weighted by atomic mass is 10.1.